The number of benzene rings is 2. The predicted octanol–water partition coefficient (Wildman–Crippen LogP) is 4.58. The van der Waals surface area contributed by atoms with Crippen LogP contribution in [-0.4, -0.2) is 25.4 Å². The van der Waals surface area contributed by atoms with E-state index in [1.807, 2.05) is 41.8 Å². The van der Waals surface area contributed by atoms with E-state index < -0.39 is 0 Å². The molecule has 0 amide bonds. The molecule has 2 aromatic carbocycles. The number of nitrogens with one attached hydrogen (secondary N) is 1. The number of methoxy groups -OCH3 is 2. The minimum Gasteiger partial charge on any atom is -0.497 e. The molecule has 25 heavy (non-hydrogen) atoms. The van der Waals surface area contributed by atoms with Crippen LogP contribution in [0.1, 0.15) is 11.1 Å². The summed E-state index contributed by atoms with van der Waals surface area (Å²) in [6, 6.07) is 13.8. The number of nitrogens with zero attached hydrogens (tertiary/aromatic N) is 2. The lowest BCUT2D eigenvalue weighted by atomic mass is 10.1. The topological polar surface area (TPSA) is 55.7 Å². The van der Waals surface area contributed by atoms with E-state index in [1.165, 1.54) is 16.9 Å². The molecule has 128 valence electrons. The van der Waals surface area contributed by atoms with Gasteiger partial charge in [-0.2, -0.15) is 5.10 Å². The third kappa shape index (κ3) is 3.97. The largest absolute Gasteiger partial charge is 0.497 e. The number of rotatable bonds is 6. The summed E-state index contributed by atoms with van der Waals surface area (Å²) in [6.45, 7) is 2.05. The molecule has 0 saturated carbocycles. The molecule has 0 bridgehead atoms. The van der Waals surface area contributed by atoms with Crippen LogP contribution in [0.25, 0.3) is 11.3 Å². The van der Waals surface area contributed by atoms with Gasteiger partial charge in [-0.05, 0) is 30.2 Å². The van der Waals surface area contributed by atoms with E-state index in [-0.39, 0.29) is 0 Å². The Morgan fingerprint density at radius 3 is 2.72 bits per heavy atom. The lowest BCUT2D eigenvalue weighted by Crippen LogP contribution is -1.93. The van der Waals surface area contributed by atoms with E-state index in [4.69, 9.17) is 9.47 Å². The SMILES string of the molecule is COc1ccc(-c2csc(N/N=C\c3ccccc3C)n2)c(OC)c1. The van der Waals surface area contributed by atoms with Crippen LogP contribution in [-0.2, 0) is 0 Å². The molecule has 0 unspecified atom stereocenters. The van der Waals surface area contributed by atoms with Crippen molar-refractivity contribution >= 4 is 22.7 Å². The summed E-state index contributed by atoms with van der Waals surface area (Å²) in [7, 11) is 3.27. The van der Waals surface area contributed by atoms with Crippen molar-refractivity contribution in [1.82, 2.24) is 4.98 Å². The van der Waals surface area contributed by atoms with Gasteiger partial charge in [-0.15, -0.1) is 11.3 Å². The quantitative estimate of drug-likeness (QED) is 0.520. The van der Waals surface area contributed by atoms with Crippen molar-refractivity contribution in [2.24, 2.45) is 5.10 Å². The van der Waals surface area contributed by atoms with Gasteiger partial charge in [-0.3, -0.25) is 5.43 Å². The molecule has 0 atom stereocenters. The zero-order valence-corrected chi connectivity index (χ0v) is 15.1. The number of aromatic nitrogens is 1. The van der Waals surface area contributed by atoms with Crippen molar-refractivity contribution in [3.05, 3.63) is 59.0 Å². The third-order valence-corrected chi connectivity index (χ3v) is 4.49. The molecule has 0 radical (unpaired) electrons. The lowest BCUT2D eigenvalue weighted by Gasteiger charge is -2.08. The molecular formula is C19H19N3O2S. The van der Waals surface area contributed by atoms with Gasteiger partial charge in [0.15, 0.2) is 0 Å². The summed E-state index contributed by atoms with van der Waals surface area (Å²) in [6.07, 6.45) is 1.80. The number of anilines is 1. The van der Waals surface area contributed by atoms with Gasteiger partial charge in [0.05, 0.1) is 26.1 Å². The van der Waals surface area contributed by atoms with Crippen molar-refractivity contribution in [2.75, 3.05) is 19.6 Å². The summed E-state index contributed by atoms with van der Waals surface area (Å²) in [5.41, 5.74) is 6.98. The first kappa shape index (κ1) is 17.0. The van der Waals surface area contributed by atoms with Crippen LogP contribution < -0.4 is 14.9 Å². The van der Waals surface area contributed by atoms with Gasteiger partial charge in [-0.25, -0.2) is 4.98 Å². The zero-order chi connectivity index (χ0) is 17.6. The van der Waals surface area contributed by atoms with Crippen LogP contribution >= 0.6 is 11.3 Å². The summed E-state index contributed by atoms with van der Waals surface area (Å²) < 4.78 is 10.7. The first-order valence-corrected chi connectivity index (χ1v) is 8.62. The van der Waals surface area contributed by atoms with Crippen molar-refractivity contribution in [3.8, 4) is 22.8 Å². The maximum absolute atomic E-state index is 5.44. The number of thiazole rings is 1. The molecule has 1 heterocycles. The minimum absolute atomic E-state index is 0.720. The predicted molar refractivity (Wildman–Crippen MR) is 103 cm³/mol. The van der Waals surface area contributed by atoms with Gasteiger partial charge < -0.3 is 9.47 Å². The van der Waals surface area contributed by atoms with Crippen LogP contribution in [0.3, 0.4) is 0 Å². The Morgan fingerprint density at radius 1 is 1.12 bits per heavy atom. The van der Waals surface area contributed by atoms with E-state index in [0.29, 0.717) is 0 Å². The fourth-order valence-corrected chi connectivity index (χ4v) is 3.01. The molecule has 3 aromatic rings. The van der Waals surface area contributed by atoms with Gasteiger partial charge >= 0.3 is 0 Å². The molecule has 0 aliphatic heterocycles. The van der Waals surface area contributed by atoms with Crippen molar-refractivity contribution < 1.29 is 9.47 Å². The second-order valence-corrected chi connectivity index (χ2v) is 6.19. The normalized spacial score (nSPS) is 10.8. The zero-order valence-electron chi connectivity index (χ0n) is 14.3. The number of hydrazone groups is 1. The number of ether oxygens (including phenoxy) is 2. The Kier molecular flexibility index (Phi) is 5.30. The molecule has 0 aliphatic carbocycles. The molecule has 0 saturated heterocycles. The van der Waals surface area contributed by atoms with Gasteiger partial charge in [0.1, 0.15) is 11.5 Å². The molecule has 0 aliphatic rings. The second-order valence-electron chi connectivity index (χ2n) is 5.33. The van der Waals surface area contributed by atoms with E-state index in [2.05, 4.69) is 28.5 Å². The third-order valence-electron chi connectivity index (χ3n) is 3.74. The number of hydrogen-bond acceptors (Lipinski definition) is 6. The molecule has 0 spiro atoms. The second kappa shape index (κ2) is 7.81. The first-order chi connectivity index (χ1) is 12.2. The molecular weight excluding hydrogens is 334 g/mol. The fourth-order valence-electron chi connectivity index (χ4n) is 2.35. The minimum atomic E-state index is 0.720. The first-order valence-electron chi connectivity index (χ1n) is 7.74. The van der Waals surface area contributed by atoms with Crippen molar-refractivity contribution in [2.45, 2.75) is 6.92 Å². The van der Waals surface area contributed by atoms with Gasteiger partial charge in [0.2, 0.25) is 5.13 Å². The number of hydrogen-bond donors (Lipinski definition) is 1. The standard InChI is InChI=1S/C19H19N3O2S/c1-13-6-4-5-7-14(13)11-20-22-19-21-17(12-25-19)16-9-8-15(23-2)10-18(16)24-3/h4-12H,1-3H3,(H,21,22)/b20-11-. The van der Waals surface area contributed by atoms with Crippen LogP contribution in [0, 0.1) is 6.92 Å². The summed E-state index contributed by atoms with van der Waals surface area (Å²) in [5.74, 6) is 1.47. The molecule has 6 heteroatoms. The average Bonchev–Trinajstić information content (AvgIpc) is 3.11. The highest BCUT2D eigenvalue weighted by molar-refractivity contribution is 7.14. The smallest absolute Gasteiger partial charge is 0.203 e. The van der Waals surface area contributed by atoms with Crippen LogP contribution in [0.5, 0.6) is 11.5 Å². The van der Waals surface area contributed by atoms with Crippen molar-refractivity contribution in [1.29, 1.82) is 0 Å². The Morgan fingerprint density at radius 2 is 1.96 bits per heavy atom. The maximum atomic E-state index is 5.44. The molecule has 1 aromatic heterocycles. The monoisotopic (exact) mass is 353 g/mol. The van der Waals surface area contributed by atoms with Gasteiger partial charge in [0.25, 0.3) is 0 Å². The molecule has 1 N–H and O–H groups in total. The fraction of sp³-hybridized carbons (Fsp3) is 0.158. The van der Waals surface area contributed by atoms with Crippen LogP contribution in [0.4, 0.5) is 5.13 Å². The van der Waals surface area contributed by atoms with Crippen LogP contribution in [0.15, 0.2) is 52.9 Å². The highest BCUT2D eigenvalue weighted by Crippen LogP contribution is 2.34. The molecule has 3 rings (SSSR count). The van der Waals surface area contributed by atoms with E-state index in [1.54, 1.807) is 20.4 Å². The Hall–Kier alpha value is -2.86. The Bertz CT molecular complexity index is 890. The van der Waals surface area contributed by atoms with Gasteiger partial charge in [-0.1, -0.05) is 24.3 Å². The number of aryl methyl sites for hydroxylation is 1. The Labute approximate surface area is 151 Å². The van der Waals surface area contributed by atoms with Crippen molar-refractivity contribution in [3.63, 3.8) is 0 Å². The van der Waals surface area contributed by atoms with E-state index >= 15 is 0 Å². The van der Waals surface area contributed by atoms with Gasteiger partial charge in [0, 0.05) is 17.0 Å². The highest BCUT2D eigenvalue weighted by Gasteiger charge is 2.11. The highest BCUT2D eigenvalue weighted by atomic mass is 32.1. The molecule has 5 nitrogen and oxygen atoms in total. The van der Waals surface area contributed by atoms with E-state index in [0.717, 1.165) is 33.5 Å². The van der Waals surface area contributed by atoms with E-state index in [9.17, 15) is 0 Å². The summed E-state index contributed by atoms with van der Waals surface area (Å²) in [5, 5.41) is 6.96. The van der Waals surface area contributed by atoms with Crippen LogP contribution in [0.2, 0.25) is 0 Å². The lowest BCUT2D eigenvalue weighted by molar-refractivity contribution is 0.395. The summed E-state index contributed by atoms with van der Waals surface area (Å²) >= 11 is 1.49. The summed E-state index contributed by atoms with van der Waals surface area (Å²) in [4.78, 5) is 4.57. The Balaban J connectivity index is 1.76. The average molecular weight is 353 g/mol. The maximum Gasteiger partial charge on any atom is 0.203 e. The molecule has 0 fully saturated rings.